The second-order valence-electron chi connectivity index (χ2n) is 5.00. The van der Waals surface area contributed by atoms with Crippen LogP contribution in [-0.2, 0) is 9.84 Å². The highest BCUT2D eigenvalue weighted by Gasteiger charge is 2.40. The van der Waals surface area contributed by atoms with E-state index in [2.05, 4.69) is 0 Å². The first-order chi connectivity index (χ1) is 6.91. The molecule has 0 heterocycles. The highest BCUT2D eigenvalue weighted by atomic mass is 32.2. The van der Waals surface area contributed by atoms with Gasteiger partial charge in [0.05, 0.1) is 10.5 Å². The van der Waals surface area contributed by atoms with Gasteiger partial charge in [-0.3, -0.25) is 0 Å². The molecular formula is C11H23NO2S. The zero-order valence-electron chi connectivity index (χ0n) is 9.94. The van der Waals surface area contributed by atoms with Crippen LogP contribution < -0.4 is 5.73 Å². The van der Waals surface area contributed by atoms with Gasteiger partial charge in [-0.1, -0.05) is 20.3 Å². The van der Waals surface area contributed by atoms with Gasteiger partial charge >= 0.3 is 0 Å². The smallest absolute Gasteiger partial charge is 0.156 e. The molecule has 3 atom stereocenters. The number of hydrogen-bond acceptors (Lipinski definition) is 3. The zero-order chi connectivity index (χ0) is 11.6. The van der Waals surface area contributed by atoms with E-state index in [1.54, 1.807) is 0 Å². The largest absolute Gasteiger partial charge is 0.330 e. The van der Waals surface area contributed by atoms with Crippen molar-refractivity contribution in [2.45, 2.75) is 50.5 Å². The number of hydrogen-bond donors (Lipinski definition) is 1. The summed E-state index contributed by atoms with van der Waals surface area (Å²) in [5.74, 6) is 0.380. The fourth-order valence-corrected chi connectivity index (χ4v) is 4.95. The quantitative estimate of drug-likeness (QED) is 0.802. The van der Waals surface area contributed by atoms with Gasteiger partial charge in [-0.25, -0.2) is 8.42 Å². The molecule has 0 aromatic rings. The van der Waals surface area contributed by atoms with Crippen LogP contribution in [0.5, 0.6) is 0 Å². The summed E-state index contributed by atoms with van der Waals surface area (Å²) >= 11 is 0. The highest BCUT2D eigenvalue weighted by molar-refractivity contribution is 7.92. The molecule has 3 unspecified atom stereocenters. The fraction of sp³-hybridized carbons (Fsp3) is 1.00. The molecule has 0 radical (unpaired) electrons. The van der Waals surface area contributed by atoms with Gasteiger partial charge in [0.1, 0.15) is 0 Å². The first-order valence-electron chi connectivity index (χ1n) is 5.84. The molecule has 0 aromatic heterocycles. The van der Waals surface area contributed by atoms with Crippen molar-refractivity contribution in [2.75, 3.05) is 6.54 Å². The summed E-state index contributed by atoms with van der Waals surface area (Å²) in [5, 5.41) is -0.422. The van der Waals surface area contributed by atoms with Crippen LogP contribution in [0, 0.1) is 11.8 Å². The first-order valence-corrected chi connectivity index (χ1v) is 7.45. The Labute approximate surface area is 93.3 Å². The summed E-state index contributed by atoms with van der Waals surface area (Å²) in [7, 11) is -2.98. The van der Waals surface area contributed by atoms with Crippen LogP contribution in [0.3, 0.4) is 0 Å². The van der Waals surface area contributed by atoms with E-state index in [9.17, 15) is 8.42 Å². The van der Waals surface area contributed by atoms with E-state index in [0.29, 0.717) is 6.54 Å². The van der Waals surface area contributed by atoms with E-state index in [0.717, 1.165) is 19.3 Å². The molecule has 3 nitrogen and oxygen atoms in total. The summed E-state index contributed by atoms with van der Waals surface area (Å²) < 4.78 is 24.6. The summed E-state index contributed by atoms with van der Waals surface area (Å²) in [5.41, 5.74) is 5.63. The molecular weight excluding hydrogens is 210 g/mol. The Bertz CT molecular complexity index is 298. The van der Waals surface area contributed by atoms with Gasteiger partial charge in [-0.2, -0.15) is 0 Å². The summed E-state index contributed by atoms with van der Waals surface area (Å²) in [6, 6.07) is 0. The van der Waals surface area contributed by atoms with Crippen LogP contribution in [0.4, 0.5) is 0 Å². The van der Waals surface area contributed by atoms with Crippen molar-refractivity contribution in [3.63, 3.8) is 0 Å². The molecule has 90 valence electrons. The predicted molar refractivity (Wildman–Crippen MR) is 63.4 cm³/mol. The predicted octanol–water partition coefficient (Wildman–Crippen LogP) is 1.57. The molecule has 0 aliphatic heterocycles. The highest BCUT2D eigenvalue weighted by Crippen LogP contribution is 2.33. The maximum Gasteiger partial charge on any atom is 0.156 e. The molecule has 1 aliphatic carbocycles. The number of sulfone groups is 1. The van der Waals surface area contributed by atoms with E-state index >= 15 is 0 Å². The normalized spacial score (nSPS) is 29.7. The van der Waals surface area contributed by atoms with Crippen LogP contribution in [0.2, 0.25) is 0 Å². The van der Waals surface area contributed by atoms with E-state index < -0.39 is 9.84 Å². The van der Waals surface area contributed by atoms with Crippen LogP contribution >= 0.6 is 0 Å². The SMILES string of the molecule is CC(C)C(C)S(=O)(=O)C1CCCC1CN. The van der Waals surface area contributed by atoms with Crippen molar-refractivity contribution in [2.24, 2.45) is 17.6 Å². The average Bonchev–Trinajstić information content (AvgIpc) is 2.64. The lowest BCUT2D eigenvalue weighted by atomic mass is 10.1. The van der Waals surface area contributed by atoms with Crippen molar-refractivity contribution in [3.8, 4) is 0 Å². The number of rotatable bonds is 4. The van der Waals surface area contributed by atoms with Crippen LogP contribution in [0.1, 0.15) is 40.0 Å². The fourth-order valence-electron chi connectivity index (χ4n) is 2.36. The second kappa shape index (κ2) is 4.83. The number of nitrogens with two attached hydrogens (primary N) is 1. The molecule has 0 spiro atoms. The minimum absolute atomic E-state index is 0.181. The van der Waals surface area contributed by atoms with Crippen molar-refractivity contribution in [3.05, 3.63) is 0 Å². The molecule has 0 amide bonds. The Kier molecular flexibility index (Phi) is 4.18. The van der Waals surface area contributed by atoms with E-state index in [1.807, 2.05) is 20.8 Å². The molecule has 1 saturated carbocycles. The lowest BCUT2D eigenvalue weighted by Gasteiger charge is -2.24. The maximum absolute atomic E-state index is 12.3. The molecule has 1 rings (SSSR count). The Morgan fingerprint density at radius 2 is 1.87 bits per heavy atom. The first kappa shape index (κ1) is 13.0. The van der Waals surface area contributed by atoms with Crippen molar-refractivity contribution in [1.29, 1.82) is 0 Å². The van der Waals surface area contributed by atoms with Gasteiger partial charge in [-0.05, 0) is 38.1 Å². The van der Waals surface area contributed by atoms with Crippen LogP contribution in [0.25, 0.3) is 0 Å². The van der Waals surface area contributed by atoms with E-state index in [1.165, 1.54) is 0 Å². The Hall–Kier alpha value is -0.0900. The standard InChI is InChI=1S/C11H23NO2S/c1-8(2)9(3)15(13,14)11-6-4-5-10(11)7-12/h8-11H,4-7,12H2,1-3H3. The minimum Gasteiger partial charge on any atom is -0.330 e. The topological polar surface area (TPSA) is 60.2 Å². The molecule has 15 heavy (non-hydrogen) atoms. The third-order valence-corrected chi connectivity index (χ3v) is 6.82. The van der Waals surface area contributed by atoms with Gasteiger partial charge in [0, 0.05) is 0 Å². The summed E-state index contributed by atoms with van der Waals surface area (Å²) in [4.78, 5) is 0. The third kappa shape index (κ3) is 2.53. The van der Waals surface area contributed by atoms with Crippen LogP contribution in [0.15, 0.2) is 0 Å². The Balaban J connectivity index is 2.86. The monoisotopic (exact) mass is 233 g/mol. The van der Waals surface area contributed by atoms with Crippen molar-refractivity contribution in [1.82, 2.24) is 0 Å². The van der Waals surface area contributed by atoms with Crippen molar-refractivity contribution < 1.29 is 8.42 Å². The Morgan fingerprint density at radius 1 is 1.27 bits per heavy atom. The van der Waals surface area contributed by atoms with Gasteiger partial charge in [0.15, 0.2) is 9.84 Å². The molecule has 0 bridgehead atoms. The second-order valence-corrected chi connectivity index (χ2v) is 7.53. The third-order valence-electron chi connectivity index (χ3n) is 3.77. The van der Waals surface area contributed by atoms with Gasteiger partial charge in [-0.15, -0.1) is 0 Å². The maximum atomic E-state index is 12.3. The van der Waals surface area contributed by atoms with Gasteiger partial charge in [0.25, 0.3) is 0 Å². The molecule has 0 aromatic carbocycles. The zero-order valence-corrected chi connectivity index (χ0v) is 10.8. The molecule has 1 aliphatic rings. The van der Waals surface area contributed by atoms with E-state index in [-0.39, 0.29) is 22.3 Å². The van der Waals surface area contributed by atoms with Crippen LogP contribution in [-0.4, -0.2) is 25.5 Å². The molecule has 4 heteroatoms. The molecule has 1 fully saturated rings. The van der Waals surface area contributed by atoms with E-state index in [4.69, 9.17) is 5.73 Å². The lowest BCUT2D eigenvalue weighted by Crippen LogP contribution is -2.38. The molecule has 2 N–H and O–H groups in total. The van der Waals surface area contributed by atoms with Gasteiger partial charge < -0.3 is 5.73 Å². The van der Waals surface area contributed by atoms with Gasteiger partial charge in [0.2, 0.25) is 0 Å². The molecule has 0 saturated heterocycles. The average molecular weight is 233 g/mol. The summed E-state index contributed by atoms with van der Waals surface area (Å²) in [6.07, 6.45) is 2.79. The minimum atomic E-state index is -2.98. The Morgan fingerprint density at radius 3 is 2.33 bits per heavy atom. The summed E-state index contributed by atoms with van der Waals surface area (Å²) in [6.45, 7) is 6.27. The lowest BCUT2D eigenvalue weighted by molar-refractivity contribution is 0.497. The van der Waals surface area contributed by atoms with Crippen molar-refractivity contribution >= 4 is 9.84 Å².